The number of hydrogen-bond acceptors (Lipinski definition) is 7. The highest BCUT2D eigenvalue weighted by Gasteiger charge is 2.18. The van der Waals surface area contributed by atoms with Crippen LogP contribution in [0.4, 0.5) is 10.8 Å². The number of aromatic nitrogens is 2. The third-order valence-electron chi connectivity index (χ3n) is 3.87. The fraction of sp³-hybridized carbons (Fsp3) is 0.200. The molecule has 0 aliphatic heterocycles. The smallest absolute Gasteiger partial charge is 0.231 e. The Morgan fingerprint density at radius 1 is 1.04 bits per heavy atom. The molecule has 0 aliphatic carbocycles. The molecule has 8 heteroatoms. The molecule has 3 rings (SSSR count). The van der Waals surface area contributed by atoms with Crippen LogP contribution in [-0.4, -0.2) is 33.7 Å². The Balaban J connectivity index is 1.50. The molecule has 0 bridgehead atoms. The number of carbonyl (C=O) groups is 2. The van der Waals surface area contributed by atoms with Crippen LogP contribution in [0.25, 0.3) is 0 Å². The highest BCUT2D eigenvalue weighted by atomic mass is 32.2. The third kappa shape index (κ3) is 6.17. The first-order chi connectivity index (χ1) is 13.6. The zero-order valence-electron chi connectivity index (χ0n) is 15.3. The number of nitrogens with one attached hydrogen (secondary N) is 2. The lowest BCUT2D eigenvalue weighted by atomic mass is 10.0. The molecule has 1 heterocycles. The monoisotopic (exact) mass is 412 g/mol. The van der Waals surface area contributed by atoms with Crippen LogP contribution in [-0.2, 0) is 16.0 Å². The van der Waals surface area contributed by atoms with Gasteiger partial charge in [-0.25, -0.2) is 0 Å². The maximum absolute atomic E-state index is 12.3. The molecular weight excluding hydrogens is 392 g/mol. The molecule has 0 fully saturated rings. The van der Waals surface area contributed by atoms with Gasteiger partial charge in [0.2, 0.25) is 11.0 Å². The molecule has 144 valence electrons. The summed E-state index contributed by atoms with van der Waals surface area (Å²) >= 11 is 2.68. The van der Waals surface area contributed by atoms with Gasteiger partial charge in [-0.2, -0.15) is 0 Å². The first-order valence-electron chi connectivity index (χ1n) is 8.72. The lowest BCUT2D eigenvalue weighted by molar-refractivity contribution is -0.125. The SMILES string of the molecule is CC(=O)[C@H](Cc1ccccc1)NC(=O)CSc1nnc(Nc2ccccc2)s1. The number of amides is 1. The summed E-state index contributed by atoms with van der Waals surface area (Å²) in [6, 6.07) is 18.8. The lowest BCUT2D eigenvalue weighted by Crippen LogP contribution is -2.42. The third-order valence-corrected chi connectivity index (χ3v) is 5.84. The molecule has 0 aliphatic rings. The van der Waals surface area contributed by atoms with Crippen LogP contribution < -0.4 is 10.6 Å². The number of rotatable bonds is 9. The lowest BCUT2D eigenvalue weighted by Gasteiger charge is -2.15. The van der Waals surface area contributed by atoms with E-state index in [1.54, 1.807) is 0 Å². The van der Waals surface area contributed by atoms with E-state index in [-0.39, 0.29) is 17.4 Å². The molecule has 1 atom stereocenters. The van der Waals surface area contributed by atoms with Gasteiger partial charge in [-0.05, 0) is 31.0 Å². The zero-order valence-corrected chi connectivity index (χ0v) is 16.9. The van der Waals surface area contributed by atoms with Gasteiger partial charge in [0, 0.05) is 5.69 Å². The van der Waals surface area contributed by atoms with E-state index in [1.807, 2.05) is 60.7 Å². The Bertz CT molecular complexity index is 916. The quantitative estimate of drug-likeness (QED) is 0.522. The molecule has 1 aromatic heterocycles. The fourth-order valence-corrected chi connectivity index (χ4v) is 4.06. The van der Waals surface area contributed by atoms with Crippen molar-refractivity contribution in [1.29, 1.82) is 0 Å². The highest BCUT2D eigenvalue weighted by Crippen LogP contribution is 2.27. The second-order valence-electron chi connectivity index (χ2n) is 6.07. The number of benzene rings is 2. The molecule has 28 heavy (non-hydrogen) atoms. The van der Waals surface area contributed by atoms with Gasteiger partial charge in [-0.15, -0.1) is 10.2 Å². The number of thioether (sulfide) groups is 1. The topological polar surface area (TPSA) is 84.0 Å². The van der Waals surface area contributed by atoms with Crippen molar-refractivity contribution in [2.45, 2.75) is 23.7 Å². The Labute approximate surface area is 171 Å². The Kier molecular flexibility index (Phi) is 7.16. The maximum Gasteiger partial charge on any atom is 0.231 e. The summed E-state index contributed by atoms with van der Waals surface area (Å²) in [5.41, 5.74) is 1.94. The van der Waals surface area contributed by atoms with Gasteiger partial charge in [0.1, 0.15) is 0 Å². The van der Waals surface area contributed by atoms with Crippen LogP contribution in [0.5, 0.6) is 0 Å². The van der Waals surface area contributed by atoms with Crippen LogP contribution in [0.1, 0.15) is 12.5 Å². The van der Waals surface area contributed by atoms with Gasteiger partial charge in [-0.1, -0.05) is 71.6 Å². The van der Waals surface area contributed by atoms with Crippen LogP contribution in [0.2, 0.25) is 0 Å². The minimum atomic E-state index is -0.528. The summed E-state index contributed by atoms with van der Waals surface area (Å²) in [6.07, 6.45) is 0.483. The van der Waals surface area contributed by atoms with Gasteiger partial charge in [-0.3, -0.25) is 9.59 Å². The molecule has 0 spiro atoms. The van der Waals surface area contributed by atoms with E-state index >= 15 is 0 Å². The Hall–Kier alpha value is -2.71. The van der Waals surface area contributed by atoms with E-state index in [4.69, 9.17) is 0 Å². The number of ketones is 1. The van der Waals surface area contributed by atoms with E-state index in [2.05, 4.69) is 20.8 Å². The van der Waals surface area contributed by atoms with Crippen LogP contribution in [0.3, 0.4) is 0 Å². The first kappa shape index (κ1) is 20.0. The molecule has 2 N–H and O–H groups in total. The van der Waals surface area contributed by atoms with Gasteiger partial charge in [0.05, 0.1) is 11.8 Å². The Morgan fingerprint density at radius 2 is 1.71 bits per heavy atom. The number of hydrogen-bond donors (Lipinski definition) is 2. The first-order valence-corrected chi connectivity index (χ1v) is 10.5. The number of para-hydroxylation sites is 1. The molecule has 6 nitrogen and oxygen atoms in total. The van der Waals surface area contributed by atoms with E-state index in [1.165, 1.54) is 30.0 Å². The van der Waals surface area contributed by atoms with Crippen LogP contribution in [0, 0.1) is 0 Å². The molecule has 0 saturated heterocycles. The Morgan fingerprint density at radius 3 is 2.39 bits per heavy atom. The average Bonchev–Trinajstić information content (AvgIpc) is 3.15. The summed E-state index contributed by atoms with van der Waals surface area (Å²) in [5, 5.41) is 14.8. The minimum Gasteiger partial charge on any atom is -0.345 e. The standard InChI is InChI=1S/C20H20N4O2S2/c1-14(25)17(12-15-8-4-2-5-9-15)22-18(26)13-27-20-24-23-19(28-20)21-16-10-6-3-7-11-16/h2-11,17H,12-13H2,1H3,(H,21,23)(H,22,26)/t17-/m0/s1. The summed E-state index contributed by atoms with van der Waals surface area (Å²) in [6.45, 7) is 1.49. The van der Waals surface area contributed by atoms with Crippen molar-refractivity contribution >= 4 is 45.6 Å². The van der Waals surface area contributed by atoms with Crippen molar-refractivity contribution in [3.63, 3.8) is 0 Å². The minimum absolute atomic E-state index is 0.0625. The van der Waals surface area contributed by atoms with Crippen molar-refractivity contribution < 1.29 is 9.59 Å². The molecule has 1 amide bonds. The van der Waals surface area contributed by atoms with Gasteiger partial charge >= 0.3 is 0 Å². The molecule has 0 radical (unpaired) electrons. The summed E-state index contributed by atoms with van der Waals surface area (Å²) in [5.74, 6) is -0.0835. The number of anilines is 2. The van der Waals surface area contributed by atoms with E-state index in [0.717, 1.165) is 11.3 Å². The van der Waals surface area contributed by atoms with E-state index < -0.39 is 6.04 Å². The zero-order chi connectivity index (χ0) is 19.8. The maximum atomic E-state index is 12.3. The number of nitrogens with zero attached hydrogens (tertiary/aromatic N) is 2. The number of carbonyl (C=O) groups excluding carboxylic acids is 2. The van der Waals surface area contributed by atoms with Crippen molar-refractivity contribution in [3.8, 4) is 0 Å². The molecule has 3 aromatic rings. The molecular formula is C20H20N4O2S2. The van der Waals surface area contributed by atoms with Crippen molar-refractivity contribution in [2.75, 3.05) is 11.1 Å². The number of Topliss-reactive ketones (excluding diaryl/α,β-unsaturated/α-hetero) is 1. The molecule has 0 unspecified atom stereocenters. The van der Waals surface area contributed by atoms with E-state index in [0.29, 0.717) is 15.9 Å². The second kappa shape index (κ2) is 10.0. The fourth-order valence-electron chi connectivity index (χ4n) is 2.47. The normalized spacial score (nSPS) is 11.6. The average molecular weight is 413 g/mol. The van der Waals surface area contributed by atoms with Crippen molar-refractivity contribution in [3.05, 3.63) is 66.2 Å². The van der Waals surface area contributed by atoms with Crippen molar-refractivity contribution in [1.82, 2.24) is 15.5 Å². The largest absolute Gasteiger partial charge is 0.345 e. The predicted octanol–water partition coefficient (Wildman–Crippen LogP) is 3.69. The molecule has 0 saturated carbocycles. The van der Waals surface area contributed by atoms with Crippen molar-refractivity contribution in [2.24, 2.45) is 0 Å². The summed E-state index contributed by atoms with van der Waals surface area (Å²) in [4.78, 5) is 24.2. The summed E-state index contributed by atoms with van der Waals surface area (Å²) < 4.78 is 0.691. The van der Waals surface area contributed by atoms with Gasteiger partial charge in [0.15, 0.2) is 10.1 Å². The second-order valence-corrected chi connectivity index (χ2v) is 8.27. The highest BCUT2D eigenvalue weighted by molar-refractivity contribution is 8.01. The van der Waals surface area contributed by atoms with Crippen LogP contribution in [0.15, 0.2) is 65.0 Å². The predicted molar refractivity (Wildman–Crippen MR) is 113 cm³/mol. The van der Waals surface area contributed by atoms with Crippen LogP contribution >= 0.6 is 23.1 Å². The van der Waals surface area contributed by atoms with E-state index in [9.17, 15) is 9.59 Å². The van der Waals surface area contributed by atoms with Gasteiger partial charge in [0.25, 0.3) is 0 Å². The molecule has 2 aromatic carbocycles. The van der Waals surface area contributed by atoms with Gasteiger partial charge < -0.3 is 10.6 Å². The summed E-state index contributed by atoms with van der Waals surface area (Å²) in [7, 11) is 0.